The first-order valence-electron chi connectivity index (χ1n) is 4.16. The monoisotopic (exact) mass is 173 g/mol. The van der Waals surface area contributed by atoms with E-state index in [1.54, 1.807) is 0 Å². The van der Waals surface area contributed by atoms with Crippen LogP contribution in [0, 0.1) is 0 Å². The molecule has 1 heterocycles. The quantitative estimate of drug-likeness (QED) is 0.661. The smallest absolute Gasteiger partial charge is 0.337 e. The van der Waals surface area contributed by atoms with Crippen LogP contribution in [0.2, 0.25) is 0 Å². The first-order chi connectivity index (χ1) is 5.60. The van der Waals surface area contributed by atoms with Crippen LogP contribution in [0.5, 0.6) is 0 Å². The molecule has 0 amide bonds. The average molecular weight is 173 g/mol. The van der Waals surface area contributed by atoms with Crippen LogP contribution in [0.1, 0.15) is 13.3 Å². The third-order valence-corrected chi connectivity index (χ3v) is 2.23. The summed E-state index contributed by atoms with van der Waals surface area (Å²) in [6, 6.07) is 0. The Morgan fingerprint density at radius 3 is 2.75 bits per heavy atom. The number of carbonyl (C=O) groups is 1. The van der Waals surface area contributed by atoms with Crippen LogP contribution < -0.4 is 0 Å². The van der Waals surface area contributed by atoms with Gasteiger partial charge in [0.2, 0.25) is 0 Å². The molecule has 70 valence electrons. The molecule has 1 N–H and O–H groups in total. The molecule has 0 saturated carbocycles. The lowest BCUT2D eigenvalue weighted by atomic mass is 10.0. The van der Waals surface area contributed by atoms with Crippen molar-refractivity contribution < 1.29 is 14.6 Å². The Bertz CT molecular complexity index is 179. The van der Waals surface area contributed by atoms with Crippen molar-refractivity contribution in [2.75, 3.05) is 26.7 Å². The number of rotatable bonds is 3. The van der Waals surface area contributed by atoms with Gasteiger partial charge in [0.1, 0.15) is 0 Å². The maximum absolute atomic E-state index is 10.9. The van der Waals surface area contributed by atoms with Crippen molar-refractivity contribution in [3.8, 4) is 0 Å². The van der Waals surface area contributed by atoms with Crippen molar-refractivity contribution in [1.29, 1.82) is 0 Å². The van der Waals surface area contributed by atoms with Crippen LogP contribution in [0.3, 0.4) is 0 Å². The van der Waals surface area contributed by atoms with Gasteiger partial charge in [-0.1, -0.05) is 0 Å². The highest BCUT2D eigenvalue weighted by molar-refractivity contribution is 5.78. The number of aliphatic carboxylic acids is 1. The Kier molecular flexibility index (Phi) is 2.69. The molecule has 12 heavy (non-hydrogen) atoms. The molecule has 1 unspecified atom stereocenters. The summed E-state index contributed by atoms with van der Waals surface area (Å²) in [5.74, 6) is -0.839. The molecule has 1 fully saturated rings. The minimum atomic E-state index is -0.941. The SMILES string of the molecule is CCOC1(C(=O)O)CCN(C)C1. The van der Waals surface area contributed by atoms with Crippen LogP contribution >= 0.6 is 0 Å². The van der Waals surface area contributed by atoms with Gasteiger partial charge in [-0.3, -0.25) is 0 Å². The van der Waals surface area contributed by atoms with Crippen LogP contribution in [-0.4, -0.2) is 48.3 Å². The van der Waals surface area contributed by atoms with Crippen molar-refractivity contribution >= 4 is 5.97 Å². The zero-order valence-electron chi connectivity index (χ0n) is 7.54. The Hall–Kier alpha value is -0.610. The van der Waals surface area contributed by atoms with Gasteiger partial charge in [0, 0.05) is 26.1 Å². The minimum Gasteiger partial charge on any atom is -0.479 e. The molecule has 1 atom stereocenters. The van der Waals surface area contributed by atoms with Gasteiger partial charge in [-0.05, 0) is 14.0 Å². The Labute approximate surface area is 72.1 Å². The molecule has 4 nitrogen and oxygen atoms in total. The summed E-state index contributed by atoms with van der Waals surface area (Å²) < 4.78 is 5.28. The van der Waals surface area contributed by atoms with E-state index in [4.69, 9.17) is 9.84 Å². The number of carboxylic acids is 1. The van der Waals surface area contributed by atoms with Crippen molar-refractivity contribution in [3.63, 3.8) is 0 Å². The second-order valence-corrected chi connectivity index (χ2v) is 3.22. The second-order valence-electron chi connectivity index (χ2n) is 3.22. The molecule has 4 heteroatoms. The van der Waals surface area contributed by atoms with Gasteiger partial charge < -0.3 is 14.7 Å². The number of ether oxygens (including phenoxy) is 1. The van der Waals surface area contributed by atoms with Gasteiger partial charge >= 0.3 is 5.97 Å². The van der Waals surface area contributed by atoms with E-state index in [1.165, 1.54) is 0 Å². The highest BCUT2D eigenvalue weighted by Crippen LogP contribution is 2.24. The Morgan fingerprint density at radius 2 is 2.42 bits per heavy atom. The number of likely N-dealkylation sites (tertiary alicyclic amines) is 1. The van der Waals surface area contributed by atoms with Gasteiger partial charge in [-0.25, -0.2) is 4.79 Å². The molecule has 0 radical (unpaired) electrons. The molecular formula is C8H15NO3. The van der Waals surface area contributed by atoms with E-state index in [0.717, 1.165) is 6.54 Å². The van der Waals surface area contributed by atoms with Crippen LogP contribution in [0.15, 0.2) is 0 Å². The summed E-state index contributed by atoms with van der Waals surface area (Å²) in [7, 11) is 1.91. The lowest BCUT2D eigenvalue weighted by molar-refractivity contribution is -0.163. The van der Waals surface area contributed by atoms with Crippen LogP contribution in [-0.2, 0) is 9.53 Å². The average Bonchev–Trinajstić information content (AvgIpc) is 2.34. The summed E-state index contributed by atoms with van der Waals surface area (Å²) in [5.41, 5.74) is -0.941. The summed E-state index contributed by atoms with van der Waals surface area (Å²) in [5, 5.41) is 8.96. The largest absolute Gasteiger partial charge is 0.479 e. The Morgan fingerprint density at radius 1 is 1.75 bits per heavy atom. The van der Waals surface area contributed by atoms with E-state index in [9.17, 15) is 4.79 Å². The maximum atomic E-state index is 10.9. The normalized spacial score (nSPS) is 30.8. The zero-order chi connectivity index (χ0) is 9.19. The van der Waals surface area contributed by atoms with E-state index < -0.39 is 11.6 Å². The first kappa shape index (κ1) is 9.48. The van der Waals surface area contributed by atoms with E-state index in [2.05, 4.69) is 0 Å². The molecule has 0 aromatic carbocycles. The van der Waals surface area contributed by atoms with E-state index in [-0.39, 0.29) is 0 Å². The number of nitrogens with zero attached hydrogens (tertiary/aromatic N) is 1. The van der Waals surface area contributed by atoms with Crippen LogP contribution in [0.25, 0.3) is 0 Å². The van der Waals surface area contributed by atoms with Crippen molar-refractivity contribution in [3.05, 3.63) is 0 Å². The number of carboxylic acid groups (broad SMARTS) is 1. The third-order valence-electron chi connectivity index (χ3n) is 2.23. The van der Waals surface area contributed by atoms with E-state index in [1.807, 2.05) is 18.9 Å². The lowest BCUT2D eigenvalue weighted by Crippen LogP contribution is -2.43. The van der Waals surface area contributed by atoms with Crippen molar-refractivity contribution in [2.24, 2.45) is 0 Å². The number of hydrogen-bond donors (Lipinski definition) is 1. The fraction of sp³-hybridized carbons (Fsp3) is 0.875. The molecule has 0 aromatic heterocycles. The number of hydrogen-bond acceptors (Lipinski definition) is 3. The van der Waals surface area contributed by atoms with E-state index in [0.29, 0.717) is 19.6 Å². The molecule has 0 aromatic rings. The summed E-state index contributed by atoms with van der Waals surface area (Å²) in [6.45, 7) is 3.58. The van der Waals surface area contributed by atoms with Crippen LogP contribution in [0.4, 0.5) is 0 Å². The van der Waals surface area contributed by atoms with Gasteiger partial charge in [-0.15, -0.1) is 0 Å². The minimum absolute atomic E-state index is 0.458. The third kappa shape index (κ3) is 1.59. The predicted molar refractivity (Wildman–Crippen MR) is 44.1 cm³/mol. The highest BCUT2D eigenvalue weighted by atomic mass is 16.5. The summed E-state index contributed by atoms with van der Waals surface area (Å²) >= 11 is 0. The van der Waals surface area contributed by atoms with Gasteiger partial charge in [0.25, 0.3) is 0 Å². The molecule has 0 bridgehead atoms. The zero-order valence-corrected chi connectivity index (χ0v) is 7.54. The van der Waals surface area contributed by atoms with E-state index >= 15 is 0 Å². The molecule has 1 rings (SSSR count). The lowest BCUT2D eigenvalue weighted by Gasteiger charge is -2.23. The molecule has 1 aliphatic heterocycles. The number of likely N-dealkylation sites (N-methyl/N-ethyl adjacent to an activating group) is 1. The highest BCUT2D eigenvalue weighted by Gasteiger charge is 2.44. The predicted octanol–water partition coefficient (Wildman–Crippen LogP) is 0.182. The van der Waals surface area contributed by atoms with Gasteiger partial charge in [0.15, 0.2) is 5.60 Å². The first-order valence-corrected chi connectivity index (χ1v) is 4.16. The van der Waals surface area contributed by atoms with Gasteiger partial charge in [0.05, 0.1) is 0 Å². The molecule has 1 saturated heterocycles. The molecule has 1 aliphatic rings. The standard InChI is InChI=1S/C8H15NO3/c1-3-12-8(7(10)11)4-5-9(2)6-8/h3-6H2,1-2H3,(H,10,11). The maximum Gasteiger partial charge on any atom is 0.337 e. The van der Waals surface area contributed by atoms with Crippen molar-refractivity contribution in [1.82, 2.24) is 4.90 Å². The topological polar surface area (TPSA) is 49.8 Å². The molecule has 0 aliphatic carbocycles. The fourth-order valence-corrected chi connectivity index (χ4v) is 1.60. The van der Waals surface area contributed by atoms with Crippen molar-refractivity contribution in [2.45, 2.75) is 18.9 Å². The molecule has 0 spiro atoms. The summed E-state index contributed by atoms with van der Waals surface area (Å²) in [4.78, 5) is 12.9. The second kappa shape index (κ2) is 3.41. The molecular weight excluding hydrogens is 158 g/mol. The fourth-order valence-electron chi connectivity index (χ4n) is 1.60. The summed E-state index contributed by atoms with van der Waals surface area (Å²) in [6.07, 6.45) is 0.590. The van der Waals surface area contributed by atoms with Gasteiger partial charge in [-0.2, -0.15) is 0 Å². The Balaban J connectivity index is 2.67.